The maximum Gasteiger partial charge on any atom is 0.311 e. The quantitative estimate of drug-likeness (QED) is 0.740. The van der Waals surface area contributed by atoms with Gasteiger partial charge in [0, 0.05) is 6.42 Å². The van der Waals surface area contributed by atoms with Gasteiger partial charge >= 0.3 is 5.97 Å². The molecule has 1 aliphatic heterocycles. The molecule has 1 saturated heterocycles. The van der Waals surface area contributed by atoms with Crippen LogP contribution >= 0.6 is 0 Å². The summed E-state index contributed by atoms with van der Waals surface area (Å²) in [6.45, 7) is 3.25. The van der Waals surface area contributed by atoms with Crippen molar-refractivity contribution >= 4 is 5.97 Å². The summed E-state index contributed by atoms with van der Waals surface area (Å²) in [5, 5.41) is 0. The number of rotatable bonds is 6. The molecule has 19 heavy (non-hydrogen) atoms. The number of esters is 1. The van der Waals surface area contributed by atoms with Gasteiger partial charge in [0.1, 0.15) is 0 Å². The van der Waals surface area contributed by atoms with Crippen LogP contribution in [0.3, 0.4) is 0 Å². The van der Waals surface area contributed by atoms with Crippen LogP contribution in [0.15, 0.2) is 30.3 Å². The highest BCUT2D eigenvalue weighted by atomic mass is 16.7. The van der Waals surface area contributed by atoms with Crippen LogP contribution in [-0.2, 0) is 25.4 Å². The molecular weight excluding hydrogens is 244 g/mol. The zero-order valence-corrected chi connectivity index (χ0v) is 11.3. The monoisotopic (exact) mass is 264 g/mol. The Labute approximate surface area is 113 Å². The molecular formula is C15H20O4. The van der Waals surface area contributed by atoms with Crippen LogP contribution in [0.5, 0.6) is 0 Å². The molecule has 1 fully saturated rings. The number of ether oxygens (including phenoxy) is 3. The van der Waals surface area contributed by atoms with Crippen molar-refractivity contribution in [2.45, 2.75) is 32.0 Å². The number of benzene rings is 1. The first kappa shape index (κ1) is 14.0. The first-order valence-electron chi connectivity index (χ1n) is 6.71. The second-order valence-corrected chi connectivity index (χ2v) is 4.58. The number of hydrogen-bond acceptors (Lipinski definition) is 4. The van der Waals surface area contributed by atoms with Crippen molar-refractivity contribution in [2.75, 3.05) is 19.8 Å². The first-order chi connectivity index (χ1) is 9.24. The van der Waals surface area contributed by atoms with E-state index >= 15 is 0 Å². The molecule has 0 amide bonds. The van der Waals surface area contributed by atoms with Crippen LogP contribution in [0.1, 0.15) is 25.3 Å². The highest BCUT2D eigenvalue weighted by Crippen LogP contribution is 2.29. The van der Waals surface area contributed by atoms with Crippen LogP contribution in [0.2, 0.25) is 0 Å². The maximum absolute atomic E-state index is 11.6. The lowest BCUT2D eigenvalue weighted by atomic mass is 10.0. The molecule has 1 aromatic carbocycles. The summed E-state index contributed by atoms with van der Waals surface area (Å²) in [6, 6.07) is 10.1. The minimum absolute atomic E-state index is 0.160. The third-order valence-corrected chi connectivity index (χ3v) is 3.17. The molecule has 0 radical (unpaired) electrons. The molecule has 104 valence electrons. The average Bonchev–Trinajstić information content (AvgIpc) is 2.87. The lowest BCUT2D eigenvalue weighted by Gasteiger charge is -2.26. The van der Waals surface area contributed by atoms with Crippen molar-refractivity contribution in [3.05, 3.63) is 35.9 Å². The molecule has 0 bridgehead atoms. The van der Waals surface area contributed by atoms with Crippen molar-refractivity contribution < 1.29 is 19.0 Å². The van der Waals surface area contributed by atoms with E-state index in [1.807, 2.05) is 18.2 Å². The third kappa shape index (κ3) is 4.04. The SMILES string of the molecule is CCOC(=O)CC1(CCc2ccccc2)OCCO1. The summed E-state index contributed by atoms with van der Waals surface area (Å²) in [5.41, 5.74) is 1.21. The van der Waals surface area contributed by atoms with Crippen LogP contribution < -0.4 is 0 Å². The van der Waals surface area contributed by atoms with Gasteiger partial charge < -0.3 is 14.2 Å². The molecule has 2 rings (SSSR count). The van der Waals surface area contributed by atoms with Gasteiger partial charge in [-0.2, -0.15) is 0 Å². The van der Waals surface area contributed by atoms with Gasteiger partial charge in [-0.1, -0.05) is 30.3 Å². The standard InChI is InChI=1S/C15H20O4/c1-2-17-14(16)12-15(18-10-11-19-15)9-8-13-6-4-3-5-7-13/h3-7H,2,8-12H2,1H3. The summed E-state index contributed by atoms with van der Waals surface area (Å²) < 4.78 is 16.3. The van der Waals surface area contributed by atoms with Crippen LogP contribution in [-0.4, -0.2) is 31.6 Å². The van der Waals surface area contributed by atoms with E-state index in [0.29, 0.717) is 26.2 Å². The van der Waals surface area contributed by atoms with E-state index in [0.717, 1.165) is 6.42 Å². The molecule has 1 aromatic rings. The Kier molecular flexibility index (Phi) is 4.93. The predicted octanol–water partition coefficient (Wildman–Crippen LogP) is 2.32. The lowest BCUT2D eigenvalue weighted by molar-refractivity contribution is -0.184. The number of hydrogen-bond donors (Lipinski definition) is 0. The van der Waals surface area contributed by atoms with Gasteiger partial charge in [0.05, 0.1) is 26.2 Å². The normalized spacial score (nSPS) is 17.3. The van der Waals surface area contributed by atoms with Crippen LogP contribution in [0, 0.1) is 0 Å². The fourth-order valence-electron chi connectivity index (χ4n) is 2.24. The summed E-state index contributed by atoms with van der Waals surface area (Å²) in [4.78, 5) is 11.6. The first-order valence-corrected chi connectivity index (χ1v) is 6.71. The second kappa shape index (κ2) is 6.68. The minimum Gasteiger partial charge on any atom is -0.466 e. The summed E-state index contributed by atoms with van der Waals surface area (Å²) in [5.74, 6) is -1.07. The molecule has 0 saturated carbocycles. The fraction of sp³-hybridized carbons (Fsp3) is 0.533. The number of aryl methyl sites for hydroxylation is 1. The van der Waals surface area contributed by atoms with E-state index in [9.17, 15) is 4.79 Å². The summed E-state index contributed by atoms with van der Waals surface area (Å²) in [6.07, 6.45) is 1.64. The Morgan fingerprint density at radius 1 is 1.26 bits per heavy atom. The van der Waals surface area contributed by atoms with E-state index in [2.05, 4.69) is 12.1 Å². The van der Waals surface area contributed by atoms with Crippen molar-refractivity contribution in [1.29, 1.82) is 0 Å². The fourth-order valence-corrected chi connectivity index (χ4v) is 2.24. The Morgan fingerprint density at radius 3 is 2.58 bits per heavy atom. The zero-order chi connectivity index (χ0) is 13.6. The van der Waals surface area contributed by atoms with E-state index in [4.69, 9.17) is 14.2 Å². The van der Waals surface area contributed by atoms with Gasteiger partial charge in [-0.05, 0) is 18.9 Å². The van der Waals surface area contributed by atoms with Gasteiger partial charge in [0.2, 0.25) is 0 Å². The molecule has 4 nitrogen and oxygen atoms in total. The van der Waals surface area contributed by atoms with E-state index in [-0.39, 0.29) is 12.4 Å². The van der Waals surface area contributed by atoms with Gasteiger partial charge in [0.15, 0.2) is 5.79 Å². The molecule has 0 atom stereocenters. The Morgan fingerprint density at radius 2 is 1.95 bits per heavy atom. The van der Waals surface area contributed by atoms with E-state index < -0.39 is 5.79 Å². The van der Waals surface area contributed by atoms with Crippen LogP contribution in [0.4, 0.5) is 0 Å². The topological polar surface area (TPSA) is 44.8 Å². The largest absolute Gasteiger partial charge is 0.466 e. The van der Waals surface area contributed by atoms with E-state index in [1.165, 1.54) is 5.56 Å². The highest BCUT2D eigenvalue weighted by Gasteiger charge is 2.39. The van der Waals surface area contributed by atoms with Crippen molar-refractivity contribution in [3.63, 3.8) is 0 Å². The summed E-state index contributed by atoms with van der Waals surface area (Å²) >= 11 is 0. The number of carbonyl (C=O) groups excluding carboxylic acids is 1. The molecule has 1 aliphatic rings. The van der Waals surface area contributed by atoms with Gasteiger partial charge in [-0.3, -0.25) is 4.79 Å². The predicted molar refractivity (Wildman–Crippen MR) is 70.6 cm³/mol. The molecule has 0 spiro atoms. The van der Waals surface area contributed by atoms with Crippen LogP contribution in [0.25, 0.3) is 0 Å². The van der Waals surface area contributed by atoms with Gasteiger partial charge in [0.25, 0.3) is 0 Å². The highest BCUT2D eigenvalue weighted by molar-refractivity contribution is 5.70. The van der Waals surface area contributed by atoms with Crippen molar-refractivity contribution in [3.8, 4) is 0 Å². The Bertz CT molecular complexity index is 396. The van der Waals surface area contributed by atoms with E-state index in [1.54, 1.807) is 6.92 Å². The van der Waals surface area contributed by atoms with Gasteiger partial charge in [-0.15, -0.1) is 0 Å². The van der Waals surface area contributed by atoms with Gasteiger partial charge in [-0.25, -0.2) is 0 Å². The van der Waals surface area contributed by atoms with Crippen molar-refractivity contribution in [1.82, 2.24) is 0 Å². The molecule has 4 heteroatoms. The molecule has 0 unspecified atom stereocenters. The smallest absolute Gasteiger partial charge is 0.311 e. The Balaban J connectivity index is 1.94. The molecule has 1 heterocycles. The van der Waals surface area contributed by atoms with Crippen molar-refractivity contribution in [2.24, 2.45) is 0 Å². The average molecular weight is 264 g/mol. The molecule has 0 aliphatic carbocycles. The molecule has 0 aromatic heterocycles. The minimum atomic E-state index is -0.803. The summed E-state index contributed by atoms with van der Waals surface area (Å²) in [7, 11) is 0. The maximum atomic E-state index is 11.6. The molecule has 0 N–H and O–H groups in total. The Hall–Kier alpha value is -1.39. The lowest BCUT2D eigenvalue weighted by Crippen LogP contribution is -2.34. The third-order valence-electron chi connectivity index (χ3n) is 3.17. The zero-order valence-electron chi connectivity index (χ0n) is 11.3. The second-order valence-electron chi connectivity index (χ2n) is 4.58. The number of carbonyl (C=O) groups is 1.